The van der Waals surface area contributed by atoms with E-state index in [1.165, 1.54) is 0 Å². The van der Waals surface area contributed by atoms with Gasteiger partial charge in [-0.3, -0.25) is 0 Å². The van der Waals surface area contributed by atoms with Crippen LogP contribution in [0.2, 0.25) is 0 Å². The van der Waals surface area contributed by atoms with Crippen molar-refractivity contribution < 1.29 is 50.9 Å². The second kappa shape index (κ2) is 40.7. The molecule has 5 heavy (non-hydrogen) atoms. The van der Waals surface area contributed by atoms with Crippen LogP contribution in [-0.4, -0.2) is 19.4 Å². The van der Waals surface area contributed by atoms with Gasteiger partial charge in [0.25, 0.3) is 0 Å². The number of hydrogen-bond donors (Lipinski definition) is 0. The molecule has 0 aliphatic carbocycles. The Morgan fingerprint density at radius 1 is 1.00 bits per heavy atom. The van der Waals surface area contributed by atoms with Crippen LogP contribution in [0.4, 0.5) is 0 Å². The van der Waals surface area contributed by atoms with Crippen molar-refractivity contribution in [3.05, 3.63) is 0 Å². The van der Waals surface area contributed by atoms with Gasteiger partial charge in [0.2, 0.25) is 0 Å². The standard InChI is InChI=1S/B.Co.Cu.Fe.H4Si/h;;;;1H4. The minimum Gasteiger partial charge on any atom is -0.0149 e. The van der Waals surface area contributed by atoms with Crippen molar-refractivity contribution in [3.63, 3.8) is 0 Å². The fourth-order valence-corrected chi connectivity index (χ4v) is 0. The van der Waals surface area contributed by atoms with Crippen molar-refractivity contribution >= 4 is 19.4 Å². The van der Waals surface area contributed by atoms with Gasteiger partial charge in [-0.1, -0.05) is 0 Å². The summed E-state index contributed by atoms with van der Waals surface area (Å²) < 4.78 is 0. The van der Waals surface area contributed by atoms with Gasteiger partial charge in [0.1, 0.15) is 0 Å². The van der Waals surface area contributed by atoms with Gasteiger partial charge >= 0.3 is 0 Å². The molecule has 0 amide bonds. The van der Waals surface area contributed by atoms with Gasteiger partial charge in [-0.05, 0) is 11.0 Å². The van der Waals surface area contributed by atoms with Crippen molar-refractivity contribution in [2.75, 3.05) is 0 Å². The van der Waals surface area contributed by atoms with Crippen LogP contribution in [0.5, 0.6) is 0 Å². The molecule has 0 rings (SSSR count). The fourth-order valence-electron chi connectivity index (χ4n) is 0. The molecule has 39 valence electrons. The molecule has 0 aromatic heterocycles. The summed E-state index contributed by atoms with van der Waals surface area (Å²) in [6, 6.07) is 0. The van der Waals surface area contributed by atoms with Crippen LogP contribution in [0.15, 0.2) is 0 Å². The molecule has 0 aromatic carbocycles. The Bertz CT molecular complexity index is 11.6. The zero-order valence-corrected chi connectivity index (χ0v) is 4.65. The predicted molar refractivity (Wildman–Crippen MR) is 17.1 cm³/mol. The third kappa shape index (κ3) is 25.6. The Balaban J connectivity index is 0. The van der Waals surface area contributed by atoms with E-state index >= 15 is 0 Å². The maximum absolute atomic E-state index is 0. The first-order valence-electron chi connectivity index (χ1n) is 0. The van der Waals surface area contributed by atoms with E-state index in [2.05, 4.69) is 0 Å². The molecule has 0 atom stereocenters. The molecule has 5 radical (unpaired) electrons. The van der Waals surface area contributed by atoms with Crippen molar-refractivity contribution in [1.29, 1.82) is 0 Å². The van der Waals surface area contributed by atoms with E-state index < -0.39 is 0 Å². The van der Waals surface area contributed by atoms with Crippen LogP contribution < -0.4 is 0 Å². The summed E-state index contributed by atoms with van der Waals surface area (Å²) in [7, 11) is 0. The first kappa shape index (κ1) is 69.4. The number of rotatable bonds is 0. The minimum atomic E-state index is 0. The summed E-state index contributed by atoms with van der Waals surface area (Å²) in [5, 5.41) is 0. The molecule has 0 N–H and O–H groups in total. The van der Waals surface area contributed by atoms with Crippen LogP contribution in [0.3, 0.4) is 0 Å². The van der Waals surface area contributed by atoms with E-state index in [1.807, 2.05) is 0 Å². The second-order valence-corrected chi connectivity index (χ2v) is 0. The summed E-state index contributed by atoms with van der Waals surface area (Å²) in [6.45, 7) is 0. The number of hydrogen-bond acceptors (Lipinski definition) is 0. The van der Waals surface area contributed by atoms with Crippen LogP contribution in [0, 0.1) is 0 Å². The SMILES string of the molecule is [B].[Co].[Cu].[Fe].[SiH4]. The third-order valence-corrected chi connectivity index (χ3v) is 0. The minimum absolute atomic E-state index is 0. The Hall–Kier alpha value is 1.83. The largest absolute Gasteiger partial charge is 0.0149 e. The zero-order valence-electron chi connectivity index (χ0n) is 1.57. The van der Waals surface area contributed by atoms with Gasteiger partial charge in [-0.2, -0.15) is 0 Å². The van der Waals surface area contributed by atoms with E-state index in [0.717, 1.165) is 0 Å². The van der Waals surface area contributed by atoms with E-state index in [1.54, 1.807) is 0 Å². The molecule has 0 aliphatic rings. The van der Waals surface area contributed by atoms with E-state index in [0.29, 0.717) is 0 Å². The Morgan fingerprint density at radius 2 is 1.00 bits per heavy atom. The molecule has 5 heteroatoms. The second-order valence-electron chi connectivity index (χ2n) is 0. The molecule has 0 fully saturated rings. The molecule has 0 saturated carbocycles. The molecule has 0 saturated heterocycles. The molecule has 0 aliphatic heterocycles. The van der Waals surface area contributed by atoms with Gasteiger partial charge < -0.3 is 0 Å². The average Bonchev–Trinajstić information content (AvgIpc) is 0. The van der Waals surface area contributed by atoms with E-state index in [-0.39, 0.29) is 70.3 Å². The summed E-state index contributed by atoms with van der Waals surface area (Å²) in [5.74, 6) is 0. The van der Waals surface area contributed by atoms with Gasteiger partial charge in [0, 0.05) is 59.3 Å². The van der Waals surface area contributed by atoms with Crippen molar-refractivity contribution in [2.45, 2.75) is 0 Å². The Labute approximate surface area is 70.0 Å². The van der Waals surface area contributed by atoms with Crippen LogP contribution >= 0.6 is 0 Å². The smallest absolute Gasteiger partial charge is 0 e. The van der Waals surface area contributed by atoms with Gasteiger partial charge in [-0.25, -0.2) is 0 Å². The van der Waals surface area contributed by atoms with Crippen LogP contribution in [-0.2, 0) is 50.9 Å². The normalized spacial score (nSPS) is 0. The van der Waals surface area contributed by atoms with Gasteiger partial charge in [0.05, 0.1) is 0 Å². The monoisotopic (exact) mass is 221 g/mol. The van der Waals surface area contributed by atoms with Crippen LogP contribution in [0.25, 0.3) is 0 Å². The first-order chi connectivity index (χ1) is 0. The summed E-state index contributed by atoms with van der Waals surface area (Å²) in [6.07, 6.45) is 0. The molecule has 0 nitrogen and oxygen atoms in total. The van der Waals surface area contributed by atoms with Crippen LogP contribution in [0.1, 0.15) is 0 Å². The van der Waals surface area contributed by atoms with E-state index in [4.69, 9.17) is 0 Å². The quantitative estimate of drug-likeness (QED) is 0.422. The van der Waals surface area contributed by atoms with Gasteiger partial charge in [-0.15, -0.1) is 0 Å². The predicted octanol–water partition coefficient (Wildman–Crippen LogP) is -1.84. The maximum Gasteiger partial charge on any atom is 0 e. The van der Waals surface area contributed by atoms with Gasteiger partial charge in [0.15, 0.2) is 0 Å². The average molecular weight is 221 g/mol. The molecular formula is H4BCoCuFeSi. The topological polar surface area (TPSA) is 0 Å². The van der Waals surface area contributed by atoms with Crippen molar-refractivity contribution in [3.8, 4) is 0 Å². The Morgan fingerprint density at radius 3 is 1.00 bits per heavy atom. The molecule has 0 heterocycles. The third-order valence-electron chi connectivity index (χ3n) is 0. The summed E-state index contributed by atoms with van der Waals surface area (Å²) in [5.41, 5.74) is 0. The molecule has 0 unspecified atom stereocenters. The molecule has 0 aromatic rings. The Kier molecular flexibility index (Phi) is 565. The molecule has 0 spiro atoms. The first-order valence-corrected chi connectivity index (χ1v) is 0. The van der Waals surface area contributed by atoms with E-state index in [9.17, 15) is 0 Å². The molecular weight excluding hydrogens is 217 g/mol. The van der Waals surface area contributed by atoms with Crippen molar-refractivity contribution in [2.24, 2.45) is 0 Å². The summed E-state index contributed by atoms with van der Waals surface area (Å²) >= 11 is 0. The molecule has 0 bridgehead atoms. The zero-order chi connectivity index (χ0) is 0. The van der Waals surface area contributed by atoms with Crippen molar-refractivity contribution in [1.82, 2.24) is 0 Å². The fraction of sp³-hybridized carbons (Fsp3) is 0. The summed E-state index contributed by atoms with van der Waals surface area (Å²) in [4.78, 5) is 0. The maximum atomic E-state index is 0.